The van der Waals surface area contributed by atoms with Crippen molar-refractivity contribution in [2.75, 3.05) is 5.32 Å². The summed E-state index contributed by atoms with van der Waals surface area (Å²) in [7, 11) is 0. The van der Waals surface area contributed by atoms with E-state index in [0.717, 1.165) is 10.2 Å². The Hall–Kier alpha value is -3.65. The third-order valence-corrected chi connectivity index (χ3v) is 5.22. The van der Waals surface area contributed by atoms with Crippen molar-refractivity contribution in [3.05, 3.63) is 72.2 Å². The molecule has 0 fully saturated rings. The van der Waals surface area contributed by atoms with Crippen molar-refractivity contribution in [2.45, 2.75) is 0 Å². The molecule has 5 aromatic rings. The van der Waals surface area contributed by atoms with E-state index < -0.39 is 0 Å². The highest BCUT2D eigenvalue weighted by atomic mass is 32.1. The quantitative estimate of drug-likeness (QED) is 0.471. The number of thiazole rings is 1. The zero-order valence-electron chi connectivity index (χ0n) is 14.3. The fourth-order valence-electron chi connectivity index (χ4n) is 2.93. The van der Waals surface area contributed by atoms with Gasteiger partial charge in [0.05, 0.1) is 21.3 Å². The summed E-state index contributed by atoms with van der Waals surface area (Å²) in [4.78, 5) is 29.0. The fraction of sp³-hybridized carbons (Fsp3) is 0. The smallest absolute Gasteiger partial charge is 0.259 e. The number of imidazole rings is 1. The molecule has 0 bridgehead atoms. The molecule has 0 radical (unpaired) electrons. The number of nitrogens with zero attached hydrogens (tertiary/aromatic N) is 3. The molecule has 0 aliphatic heterocycles. The maximum Gasteiger partial charge on any atom is 0.259 e. The minimum Gasteiger partial charge on any atom is -0.336 e. The number of fused-ring (bicyclic) bond motifs is 2. The molecule has 1 amide bonds. The molecule has 0 saturated heterocycles. The lowest BCUT2D eigenvalue weighted by molar-refractivity contribution is 0.102. The molecular formula is C20H12FN5OS. The van der Waals surface area contributed by atoms with Crippen molar-refractivity contribution in [2.24, 2.45) is 0 Å². The van der Waals surface area contributed by atoms with Crippen LogP contribution >= 0.6 is 11.3 Å². The van der Waals surface area contributed by atoms with E-state index in [2.05, 4.69) is 25.3 Å². The maximum absolute atomic E-state index is 13.2. The van der Waals surface area contributed by atoms with Gasteiger partial charge in [-0.25, -0.2) is 19.3 Å². The predicted molar refractivity (Wildman–Crippen MR) is 107 cm³/mol. The van der Waals surface area contributed by atoms with Crippen LogP contribution in [-0.4, -0.2) is 25.8 Å². The first-order valence-electron chi connectivity index (χ1n) is 8.45. The number of aromatic amines is 1. The van der Waals surface area contributed by atoms with Crippen molar-refractivity contribution < 1.29 is 9.18 Å². The Kier molecular flexibility index (Phi) is 3.84. The topological polar surface area (TPSA) is 83.6 Å². The fourth-order valence-corrected chi connectivity index (χ4v) is 3.80. The Morgan fingerprint density at radius 1 is 1.04 bits per heavy atom. The predicted octanol–water partition coefficient (Wildman–Crippen LogP) is 4.63. The Balaban J connectivity index is 1.51. The average molecular weight is 389 g/mol. The maximum atomic E-state index is 13.2. The summed E-state index contributed by atoms with van der Waals surface area (Å²) in [6.07, 6.45) is 1.53. The van der Waals surface area contributed by atoms with Crippen LogP contribution in [0, 0.1) is 5.82 Å². The number of amides is 1. The van der Waals surface area contributed by atoms with Gasteiger partial charge in [0.1, 0.15) is 11.6 Å². The summed E-state index contributed by atoms with van der Waals surface area (Å²) >= 11 is 1.41. The Morgan fingerprint density at radius 2 is 1.86 bits per heavy atom. The second-order valence-electron chi connectivity index (χ2n) is 6.09. The number of carbonyl (C=O) groups is 1. The van der Waals surface area contributed by atoms with E-state index in [-0.39, 0.29) is 11.7 Å². The molecule has 2 aromatic carbocycles. The number of halogens is 1. The average Bonchev–Trinajstić information content (AvgIpc) is 3.31. The number of hydrogen-bond acceptors (Lipinski definition) is 5. The first kappa shape index (κ1) is 16.5. The Bertz CT molecular complexity index is 1290. The monoisotopic (exact) mass is 389 g/mol. The van der Waals surface area contributed by atoms with Crippen LogP contribution in [0.5, 0.6) is 0 Å². The second kappa shape index (κ2) is 6.50. The van der Waals surface area contributed by atoms with Gasteiger partial charge in [-0.15, -0.1) is 0 Å². The number of nitrogens with one attached hydrogen (secondary N) is 2. The largest absolute Gasteiger partial charge is 0.336 e. The molecule has 0 unspecified atom stereocenters. The SMILES string of the molecule is O=C(Nc1nc2ccccc2s1)c1ccnc2nc(-c3ccc(F)cc3)[nH]c12. The molecule has 136 valence electrons. The van der Waals surface area contributed by atoms with Crippen LogP contribution in [0.3, 0.4) is 0 Å². The Morgan fingerprint density at radius 3 is 2.68 bits per heavy atom. The summed E-state index contributed by atoms with van der Waals surface area (Å²) in [5, 5.41) is 3.36. The summed E-state index contributed by atoms with van der Waals surface area (Å²) in [5.74, 6) is -0.114. The summed E-state index contributed by atoms with van der Waals surface area (Å²) in [6, 6.07) is 15.3. The molecular weight excluding hydrogens is 377 g/mol. The number of anilines is 1. The minimum atomic E-state index is -0.325. The summed E-state index contributed by atoms with van der Waals surface area (Å²) < 4.78 is 14.2. The highest BCUT2D eigenvalue weighted by molar-refractivity contribution is 7.22. The molecule has 3 heterocycles. The van der Waals surface area contributed by atoms with Gasteiger partial charge in [0.15, 0.2) is 10.8 Å². The van der Waals surface area contributed by atoms with Gasteiger partial charge in [0.25, 0.3) is 5.91 Å². The second-order valence-corrected chi connectivity index (χ2v) is 7.12. The molecule has 8 heteroatoms. The van der Waals surface area contributed by atoms with Crippen LogP contribution in [0.15, 0.2) is 60.8 Å². The lowest BCUT2D eigenvalue weighted by atomic mass is 10.2. The van der Waals surface area contributed by atoms with Crippen LogP contribution in [0.2, 0.25) is 0 Å². The molecule has 0 aliphatic carbocycles. The summed E-state index contributed by atoms with van der Waals surface area (Å²) in [6.45, 7) is 0. The lowest BCUT2D eigenvalue weighted by Crippen LogP contribution is -2.12. The number of benzene rings is 2. The number of aromatic nitrogens is 4. The van der Waals surface area contributed by atoms with Gasteiger partial charge < -0.3 is 4.98 Å². The number of H-pyrrole nitrogens is 1. The zero-order valence-corrected chi connectivity index (χ0v) is 15.1. The highest BCUT2D eigenvalue weighted by Gasteiger charge is 2.16. The Labute approximate surface area is 162 Å². The van der Waals surface area contributed by atoms with E-state index in [4.69, 9.17) is 0 Å². The minimum absolute atomic E-state index is 0.305. The first-order valence-corrected chi connectivity index (χ1v) is 9.26. The number of rotatable bonds is 3. The molecule has 3 aromatic heterocycles. The van der Waals surface area contributed by atoms with Gasteiger partial charge in [-0.2, -0.15) is 0 Å². The normalized spacial score (nSPS) is 11.2. The van der Waals surface area contributed by atoms with Crippen molar-refractivity contribution in [1.82, 2.24) is 19.9 Å². The van der Waals surface area contributed by atoms with Gasteiger partial charge in [-0.3, -0.25) is 10.1 Å². The van der Waals surface area contributed by atoms with Gasteiger partial charge in [0, 0.05) is 11.8 Å². The number of para-hydroxylation sites is 1. The molecule has 0 saturated carbocycles. The lowest BCUT2D eigenvalue weighted by Gasteiger charge is -2.02. The van der Waals surface area contributed by atoms with Crippen molar-refractivity contribution in [1.29, 1.82) is 0 Å². The molecule has 2 N–H and O–H groups in total. The van der Waals surface area contributed by atoms with Gasteiger partial charge in [0.2, 0.25) is 0 Å². The number of carbonyl (C=O) groups excluding carboxylic acids is 1. The van der Waals surface area contributed by atoms with Gasteiger partial charge in [-0.05, 0) is 42.5 Å². The molecule has 28 heavy (non-hydrogen) atoms. The van der Waals surface area contributed by atoms with E-state index in [1.807, 2.05) is 24.3 Å². The molecule has 5 rings (SSSR count). The number of pyridine rings is 1. The van der Waals surface area contributed by atoms with Crippen LogP contribution in [0.4, 0.5) is 9.52 Å². The molecule has 0 spiro atoms. The van der Waals surface area contributed by atoms with E-state index in [9.17, 15) is 9.18 Å². The van der Waals surface area contributed by atoms with E-state index >= 15 is 0 Å². The van der Waals surface area contributed by atoms with Crippen LogP contribution in [0.1, 0.15) is 10.4 Å². The third-order valence-electron chi connectivity index (χ3n) is 4.27. The zero-order chi connectivity index (χ0) is 19.1. The van der Waals surface area contributed by atoms with E-state index in [1.54, 1.807) is 18.2 Å². The van der Waals surface area contributed by atoms with E-state index in [1.165, 1.54) is 29.7 Å². The first-order chi connectivity index (χ1) is 13.7. The summed E-state index contributed by atoms with van der Waals surface area (Å²) in [5.41, 5.74) is 2.88. The molecule has 0 aliphatic rings. The van der Waals surface area contributed by atoms with Crippen LogP contribution in [-0.2, 0) is 0 Å². The number of hydrogen-bond donors (Lipinski definition) is 2. The van der Waals surface area contributed by atoms with Crippen molar-refractivity contribution >= 4 is 43.8 Å². The van der Waals surface area contributed by atoms with Crippen molar-refractivity contribution in [3.63, 3.8) is 0 Å². The highest BCUT2D eigenvalue weighted by Crippen LogP contribution is 2.27. The van der Waals surface area contributed by atoms with E-state index in [0.29, 0.717) is 33.2 Å². The van der Waals surface area contributed by atoms with Crippen molar-refractivity contribution in [3.8, 4) is 11.4 Å². The molecule has 0 atom stereocenters. The van der Waals surface area contributed by atoms with Crippen LogP contribution in [0.25, 0.3) is 32.8 Å². The van der Waals surface area contributed by atoms with Crippen LogP contribution < -0.4 is 5.32 Å². The standard InChI is InChI=1S/C20H12FN5OS/c21-12-7-5-11(6-8-12)17-24-16-13(9-10-22-18(16)25-17)19(27)26-20-23-14-3-1-2-4-15(14)28-20/h1-10H,(H,22,24,25)(H,23,26,27). The molecule has 6 nitrogen and oxygen atoms in total. The van der Waals surface area contributed by atoms with Gasteiger partial charge >= 0.3 is 0 Å². The third kappa shape index (κ3) is 2.89. The van der Waals surface area contributed by atoms with Gasteiger partial charge in [-0.1, -0.05) is 23.5 Å².